The average molecular weight is 486 g/mol. The van der Waals surface area contributed by atoms with Gasteiger partial charge < -0.3 is 22.5 Å². The zero-order valence-corrected chi connectivity index (χ0v) is 19.2. The van der Waals surface area contributed by atoms with Gasteiger partial charge in [-0.3, -0.25) is 14.6 Å². The minimum Gasteiger partial charge on any atom is -0.370 e. The van der Waals surface area contributed by atoms with Crippen LogP contribution in [0.4, 0.5) is 0 Å². The Kier molecular flexibility index (Phi) is 9.54. The average Bonchev–Trinajstić information content (AvgIpc) is 2.81. The molecule has 180 valence electrons. The molecule has 2 atom stereocenters. The number of nitrogens with one attached hydrogen (secondary N) is 2. The summed E-state index contributed by atoms with van der Waals surface area (Å²) in [6.45, 7) is 0.168. The summed E-state index contributed by atoms with van der Waals surface area (Å²) in [7, 11) is -4.17. The van der Waals surface area contributed by atoms with Crippen molar-refractivity contribution in [2.45, 2.75) is 36.2 Å². The smallest absolute Gasteiger partial charge is 0.241 e. The van der Waals surface area contributed by atoms with E-state index in [2.05, 4.69) is 15.0 Å². The van der Waals surface area contributed by atoms with Crippen LogP contribution < -0.4 is 27.2 Å². The van der Waals surface area contributed by atoms with Gasteiger partial charge in [-0.15, -0.1) is 0 Å². The maximum atomic E-state index is 13.0. The zero-order valence-electron chi connectivity index (χ0n) is 18.3. The minimum atomic E-state index is -4.17. The Labute approximate surface area is 198 Å². The maximum absolute atomic E-state index is 13.0. The molecular weight excluding hydrogens is 458 g/mol. The molecule has 34 heavy (non-hydrogen) atoms. The summed E-state index contributed by atoms with van der Waals surface area (Å²) in [5.74, 6) is -1.63. The number of carbonyl (C=O) groups is 2. The molecule has 0 unspecified atom stereocenters. The molecule has 0 aliphatic carbocycles. The minimum absolute atomic E-state index is 0.0383. The zero-order chi connectivity index (χ0) is 25.1. The van der Waals surface area contributed by atoms with Gasteiger partial charge in [-0.1, -0.05) is 36.4 Å². The lowest BCUT2D eigenvalue weighted by atomic mass is 10.0. The quantitative estimate of drug-likeness (QED) is 0.151. The number of nitrogens with zero attached hydrogens (tertiary/aromatic N) is 2. The van der Waals surface area contributed by atoms with Crippen LogP contribution in [0.3, 0.4) is 0 Å². The molecule has 12 heteroatoms. The monoisotopic (exact) mass is 485 g/mol. The van der Waals surface area contributed by atoms with E-state index in [1.165, 1.54) is 24.3 Å². The summed E-state index contributed by atoms with van der Waals surface area (Å²) in [6.07, 6.45) is 0.451. The van der Waals surface area contributed by atoms with Crippen molar-refractivity contribution in [3.8, 4) is 6.07 Å². The van der Waals surface area contributed by atoms with Crippen LogP contribution in [0.5, 0.6) is 0 Å². The van der Waals surface area contributed by atoms with Crippen molar-refractivity contribution in [1.29, 1.82) is 5.26 Å². The van der Waals surface area contributed by atoms with Gasteiger partial charge in [0.25, 0.3) is 0 Å². The molecule has 0 aliphatic rings. The summed E-state index contributed by atoms with van der Waals surface area (Å²) < 4.78 is 28.2. The molecule has 0 spiro atoms. The van der Waals surface area contributed by atoms with Gasteiger partial charge in [-0.2, -0.15) is 9.98 Å². The van der Waals surface area contributed by atoms with Gasteiger partial charge in [0.1, 0.15) is 12.1 Å². The van der Waals surface area contributed by atoms with Crippen molar-refractivity contribution in [2.24, 2.45) is 22.2 Å². The Morgan fingerprint density at radius 2 is 1.74 bits per heavy atom. The van der Waals surface area contributed by atoms with Gasteiger partial charge in [-0.05, 0) is 36.6 Å². The molecule has 0 fully saturated rings. The van der Waals surface area contributed by atoms with Crippen LogP contribution in [0.1, 0.15) is 24.0 Å². The second kappa shape index (κ2) is 12.3. The first-order chi connectivity index (χ1) is 16.1. The van der Waals surface area contributed by atoms with E-state index in [1.807, 2.05) is 12.1 Å². The standard InChI is InChI=1S/C22H27N7O4S/c23-14-16-8-4-9-17(12-16)34(32,33)29-18(10-5-11-27-22(25)26)21(31)28-19(20(24)30)13-15-6-2-1-3-7-15/h1-4,6-9,12,18-19,29H,5,10-11,13H2,(H2,24,30)(H,28,31)(H4,25,26,27)/t18-,19-/m0/s1. The molecular formula is C22H27N7O4S. The van der Waals surface area contributed by atoms with E-state index >= 15 is 0 Å². The fourth-order valence-corrected chi connectivity index (χ4v) is 4.36. The van der Waals surface area contributed by atoms with Crippen LogP contribution in [0.2, 0.25) is 0 Å². The van der Waals surface area contributed by atoms with Crippen molar-refractivity contribution < 1.29 is 18.0 Å². The SMILES string of the molecule is N#Cc1cccc(S(=O)(=O)N[C@@H](CCCN=C(N)N)C(=O)N[C@@H](Cc2ccccc2)C(N)=O)c1. The third-order valence-electron chi connectivity index (χ3n) is 4.78. The molecule has 0 saturated heterocycles. The second-order valence-electron chi connectivity index (χ2n) is 7.42. The Hall–Kier alpha value is -3.95. The second-order valence-corrected chi connectivity index (χ2v) is 9.13. The highest BCUT2D eigenvalue weighted by Crippen LogP contribution is 2.13. The van der Waals surface area contributed by atoms with E-state index in [1.54, 1.807) is 24.3 Å². The van der Waals surface area contributed by atoms with Crippen LogP contribution in [-0.2, 0) is 26.0 Å². The van der Waals surface area contributed by atoms with Crippen molar-refractivity contribution in [1.82, 2.24) is 10.0 Å². The lowest BCUT2D eigenvalue weighted by Crippen LogP contribution is -2.53. The molecule has 2 aromatic carbocycles. The van der Waals surface area contributed by atoms with Gasteiger partial charge >= 0.3 is 0 Å². The number of hydrogen-bond donors (Lipinski definition) is 5. The van der Waals surface area contributed by atoms with E-state index in [0.29, 0.717) is 0 Å². The Morgan fingerprint density at radius 3 is 2.35 bits per heavy atom. The van der Waals surface area contributed by atoms with E-state index < -0.39 is 33.9 Å². The molecule has 0 radical (unpaired) electrons. The summed E-state index contributed by atoms with van der Waals surface area (Å²) >= 11 is 0. The first-order valence-corrected chi connectivity index (χ1v) is 11.8. The summed E-state index contributed by atoms with van der Waals surface area (Å²) in [5.41, 5.74) is 17.0. The molecule has 0 saturated carbocycles. The number of nitriles is 1. The Bertz CT molecular complexity index is 1170. The van der Waals surface area contributed by atoms with Crippen LogP contribution in [-0.4, -0.2) is 44.8 Å². The number of benzene rings is 2. The van der Waals surface area contributed by atoms with Gasteiger partial charge in [0.2, 0.25) is 21.8 Å². The van der Waals surface area contributed by atoms with Crippen molar-refractivity contribution in [2.75, 3.05) is 6.54 Å². The third-order valence-corrected chi connectivity index (χ3v) is 6.24. The molecule has 0 aliphatic heterocycles. The molecule has 0 heterocycles. The first kappa shape index (κ1) is 26.3. The number of aliphatic imine (C=N–C) groups is 1. The number of primary amides is 1. The van der Waals surface area contributed by atoms with Gasteiger partial charge in [0, 0.05) is 13.0 Å². The topological polar surface area (TPSA) is 207 Å². The van der Waals surface area contributed by atoms with Crippen molar-refractivity contribution in [3.05, 3.63) is 65.7 Å². The van der Waals surface area contributed by atoms with Gasteiger partial charge in [-0.25, -0.2) is 8.42 Å². The number of nitrogens with two attached hydrogens (primary N) is 3. The molecule has 0 aromatic heterocycles. The predicted octanol–water partition coefficient (Wildman–Crippen LogP) is -0.528. The van der Waals surface area contributed by atoms with E-state index in [9.17, 15) is 18.0 Å². The number of carbonyl (C=O) groups excluding carboxylic acids is 2. The molecule has 2 aromatic rings. The normalized spacial score (nSPS) is 12.7. The molecule has 11 nitrogen and oxygen atoms in total. The number of amides is 2. The number of guanidine groups is 1. The fraction of sp³-hybridized carbons (Fsp3) is 0.273. The third kappa shape index (κ3) is 8.19. The Balaban J connectivity index is 2.23. The van der Waals surface area contributed by atoms with Gasteiger partial charge in [0.15, 0.2) is 5.96 Å². The lowest BCUT2D eigenvalue weighted by molar-refractivity contribution is -0.128. The summed E-state index contributed by atoms with van der Waals surface area (Å²) in [6, 6.07) is 13.9. The first-order valence-electron chi connectivity index (χ1n) is 10.3. The highest BCUT2D eigenvalue weighted by atomic mass is 32.2. The van der Waals surface area contributed by atoms with Crippen LogP contribution in [0.25, 0.3) is 0 Å². The number of sulfonamides is 1. The predicted molar refractivity (Wildman–Crippen MR) is 126 cm³/mol. The van der Waals surface area contributed by atoms with Crippen molar-refractivity contribution >= 4 is 27.8 Å². The molecule has 2 rings (SSSR count). The number of rotatable bonds is 12. The fourth-order valence-electron chi connectivity index (χ4n) is 3.08. The van der Waals surface area contributed by atoms with E-state index in [4.69, 9.17) is 22.5 Å². The van der Waals surface area contributed by atoms with Crippen LogP contribution in [0, 0.1) is 11.3 Å². The maximum Gasteiger partial charge on any atom is 0.241 e. The summed E-state index contributed by atoms with van der Waals surface area (Å²) in [4.78, 5) is 28.6. The largest absolute Gasteiger partial charge is 0.370 e. The van der Waals surface area contributed by atoms with E-state index in [-0.39, 0.29) is 42.2 Å². The van der Waals surface area contributed by atoms with Crippen LogP contribution in [0.15, 0.2) is 64.5 Å². The van der Waals surface area contributed by atoms with E-state index in [0.717, 1.165) is 5.56 Å². The molecule has 8 N–H and O–H groups in total. The van der Waals surface area contributed by atoms with Crippen LogP contribution >= 0.6 is 0 Å². The molecule has 0 bridgehead atoms. The highest BCUT2D eigenvalue weighted by molar-refractivity contribution is 7.89. The van der Waals surface area contributed by atoms with Crippen molar-refractivity contribution in [3.63, 3.8) is 0 Å². The highest BCUT2D eigenvalue weighted by Gasteiger charge is 2.28. The summed E-state index contributed by atoms with van der Waals surface area (Å²) in [5, 5.41) is 11.6. The Morgan fingerprint density at radius 1 is 1.03 bits per heavy atom. The number of hydrogen-bond acceptors (Lipinski definition) is 6. The van der Waals surface area contributed by atoms with Gasteiger partial charge in [0.05, 0.1) is 16.5 Å². The lowest BCUT2D eigenvalue weighted by Gasteiger charge is -2.22. The molecule has 2 amide bonds.